The Morgan fingerprint density at radius 2 is 2.27 bits per heavy atom. The molecule has 0 aromatic carbocycles. The van der Waals surface area contributed by atoms with E-state index in [-0.39, 0.29) is 18.1 Å². The van der Waals surface area contributed by atoms with Crippen molar-refractivity contribution < 1.29 is 9.53 Å². The first-order chi connectivity index (χ1) is 7.17. The molecule has 0 spiro atoms. The third-order valence-electron chi connectivity index (χ3n) is 2.99. The highest BCUT2D eigenvalue weighted by atomic mass is 16.5. The minimum Gasteiger partial charge on any atom is -0.461 e. The van der Waals surface area contributed by atoms with Gasteiger partial charge in [-0.3, -0.25) is 4.79 Å². The van der Waals surface area contributed by atoms with Crippen molar-refractivity contribution in [1.29, 1.82) is 0 Å². The second kappa shape index (κ2) is 5.91. The van der Waals surface area contributed by atoms with Crippen molar-refractivity contribution in [2.45, 2.75) is 44.8 Å². The van der Waals surface area contributed by atoms with Crippen LogP contribution in [0.3, 0.4) is 0 Å². The van der Waals surface area contributed by atoms with Crippen LogP contribution in [0.4, 0.5) is 0 Å². The number of hydrogen-bond donors (Lipinski definition) is 1. The van der Waals surface area contributed by atoms with E-state index in [9.17, 15) is 4.79 Å². The number of cyclic esters (lactones) is 1. The molecule has 1 aliphatic heterocycles. The lowest BCUT2D eigenvalue weighted by Gasteiger charge is -2.17. The summed E-state index contributed by atoms with van der Waals surface area (Å²) in [6.07, 6.45) is 5.86. The van der Waals surface area contributed by atoms with Crippen LogP contribution in [0, 0.1) is 5.92 Å². The quantitative estimate of drug-likeness (QED) is 0.560. The highest BCUT2D eigenvalue weighted by Crippen LogP contribution is 2.21. The summed E-state index contributed by atoms with van der Waals surface area (Å²) in [4.78, 5) is 11.6. The highest BCUT2D eigenvalue weighted by molar-refractivity contribution is 5.75. The molecule has 1 N–H and O–H groups in total. The van der Waals surface area contributed by atoms with Crippen molar-refractivity contribution in [1.82, 2.24) is 5.32 Å². The van der Waals surface area contributed by atoms with Gasteiger partial charge in [-0.25, -0.2) is 0 Å². The van der Waals surface area contributed by atoms with E-state index >= 15 is 0 Å². The summed E-state index contributed by atoms with van der Waals surface area (Å²) in [7, 11) is 1.81. The molecule has 0 radical (unpaired) electrons. The van der Waals surface area contributed by atoms with E-state index < -0.39 is 0 Å². The summed E-state index contributed by atoms with van der Waals surface area (Å²) >= 11 is 0. The van der Waals surface area contributed by atoms with E-state index in [0.29, 0.717) is 5.92 Å². The predicted octanol–water partition coefficient (Wildman–Crippen LogP) is 1.88. The maximum Gasteiger partial charge on any atom is 0.323 e. The zero-order valence-corrected chi connectivity index (χ0v) is 9.66. The standard InChI is InChI=1S/C12H21NO2/c1-4-10-6-5-7-11(13-3)12(14)15-9(2)8-10/h4,9-11,13H,1,5-8H2,2-3H3/t9?,10?,11-/m0/s1. The smallest absolute Gasteiger partial charge is 0.323 e. The van der Waals surface area contributed by atoms with E-state index in [0.717, 1.165) is 25.7 Å². The molecule has 1 fully saturated rings. The second-order valence-electron chi connectivity index (χ2n) is 4.25. The Kier molecular flexibility index (Phi) is 4.82. The summed E-state index contributed by atoms with van der Waals surface area (Å²) in [6, 6.07) is -0.143. The number of nitrogens with one attached hydrogen (secondary N) is 1. The van der Waals surface area contributed by atoms with E-state index in [1.165, 1.54) is 0 Å². The minimum atomic E-state index is -0.143. The molecule has 1 rings (SSSR count). The van der Waals surface area contributed by atoms with Gasteiger partial charge in [-0.05, 0) is 39.2 Å². The number of esters is 1. The van der Waals surface area contributed by atoms with Crippen LogP contribution in [0.5, 0.6) is 0 Å². The van der Waals surface area contributed by atoms with Crippen molar-refractivity contribution >= 4 is 5.97 Å². The number of hydrogen-bond acceptors (Lipinski definition) is 3. The van der Waals surface area contributed by atoms with Gasteiger partial charge in [-0.15, -0.1) is 6.58 Å². The molecular formula is C12H21NO2. The third-order valence-corrected chi connectivity index (χ3v) is 2.99. The first-order valence-corrected chi connectivity index (χ1v) is 5.67. The monoisotopic (exact) mass is 211 g/mol. The number of rotatable bonds is 2. The lowest BCUT2D eigenvalue weighted by molar-refractivity contribution is -0.151. The summed E-state index contributed by atoms with van der Waals surface area (Å²) in [5.74, 6) is 0.359. The van der Waals surface area contributed by atoms with Gasteiger partial charge >= 0.3 is 5.97 Å². The van der Waals surface area contributed by atoms with Gasteiger partial charge in [0.15, 0.2) is 0 Å². The zero-order chi connectivity index (χ0) is 11.3. The van der Waals surface area contributed by atoms with Gasteiger partial charge in [0.2, 0.25) is 0 Å². The number of ether oxygens (including phenoxy) is 1. The van der Waals surface area contributed by atoms with E-state index in [2.05, 4.69) is 11.9 Å². The van der Waals surface area contributed by atoms with Gasteiger partial charge in [0, 0.05) is 0 Å². The van der Waals surface area contributed by atoms with Crippen LogP contribution in [-0.2, 0) is 9.53 Å². The molecule has 0 saturated carbocycles. The largest absolute Gasteiger partial charge is 0.461 e. The Labute approximate surface area is 91.9 Å². The Balaban J connectivity index is 2.62. The van der Waals surface area contributed by atoms with Crippen LogP contribution in [0.1, 0.15) is 32.6 Å². The molecule has 2 unspecified atom stereocenters. The predicted molar refractivity (Wildman–Crippen MR) is 60.6 cm³/mol. The van der Waals surface area contributed by atoms with Crippen LogP contribution < -0.4 is 5.32 Å². The normalized spacial score (nSPS) is 33.5. The fourth-order valence-corrected chi connectivity index (χ4v) is 2.05. The average Bonchev–Trinajstić information content (AvgIpc) is 2.27. The topological polar surface area (TPSA) is 38.3 Å². The lowest BCUT2D eigenvalue weighted by Crippen LogP contribution is -2.36. The van der Waals surface area contributed by atoms with E-state index in [4.69, 9.17) is 4.74 Å². The fraction of sp³-hybridized carbons (Fsp3) is 0.750. The van der Waals surface area contributed by atoms with Gasteiger partial charge in [-0.2, -0.15) is 0 Å². The van der Waals surface area contributed by atoms with E-state index in [1.54, 1.807) is 7.05 Å². The average molecular weight is 211 g/mol. The van der Waals surface area contributed by atoms with Crippen LogP contribution in [0.15, 0.2) is 12.7 Å². The first-order valence-electron chi connectivity index (χ1n) is 5.67. The van der Waals surface area contributed by atoms with E-state index in [1.807, 2.05) is 13.0 Å². The SMILES string of the molecule is C=CC1CCC[C@H](NC)C(=O)OC(C)C1. The van der Waals surface area contributed by atoms with Crippen molar-refractivity contribution in [3.8, 4) is 0 Å². The van der Waals surface area contributed by atoms with Crippen LogP contribution in [-0.4, -0.2) is 25.2 Å². The molecule has 0 aromatic rings. The molecule has 3 nitrogen and oxygen atoms in total. The molecule has 86 valence electrons. The van der Waals surface area contributed by atoms with Crippen LogP contribution in [0.25, 0.3) is 0 Å². The highest BCUT2D eigenvalue weighted by Gasteiger charge is 2.23. The molecular weight excluding hydrogens is 190 g/mol. The maximum absolute atomic E-state index is 11.6. The van der Waals surface area contributed by atoms with Gasteiger partial charge in [-0.1, -0.05) is 12.5 Å². The molecule has 1 aliphatic rings. The molecule has 1 heterocycles. The van der Waals surface area contributed by atoms with Crippen molar-refractivity contribution in [2.24, 2.45) is 5.92 Å². The Morgan fingerprint density at radius 1 is 1.53 bits per heavy atom. The summed E-state index contributed by atoms with van der Waals surface area (Å²) in [5, 5.41) is 3.00. The summed E-state index contributed by atoms with van der Waals surface area (Å²) < 4.78 is 5.36. The first kappa shape index (κ1) is 12.2. The minimum absolute atomic E-state index is 0.00514. The molecule has 0 aliphatic carbocycles. The number of allylic oxidation sites excluding steroid dienone is 1. The lowest BCUT2D eigenvalue weighted by atomic mass is 9.95. The van der Waals surface area contributed by atoms with Gasteiger partial charge in [0.05, 0.1) is 6.10 Å². The third kappa shape index (κ3) is 3.67. The number of carbonyl (C=O) groups is 1. The molecule has 0 aromatic heterocycles. The van der Waals surface area contributed by atoms with Gasteiger partial charge in [0.25, 0.3) is 0 Å². The molecule has 0 amide bonds. The second-order valence-corrected chi connectivity index (χ2v) is 4.25. The van der Waals surface area contributed by atoms with Gasteiger partial charge < -0.3 is 10.1 Å². The zero-order valence-electron chi connectivity index (χ0n) is 9.66. The van der Waals surface area contributed by atoms with Crippen LogP contribution in [0.2, 0.25) is 0 Å². The summed E-state index contributed by atoms with van der Waals surface area (Å²) in [5.41, 5.74) is 0. The number of likely N-dealkylation sites (N-methyl/N-ethyl adjacent to an activating group) is 1. The maximum atomic E-state index is 11.6. The van der Waals surface area contributed by atoms with Crippen molar-refractivity contribution in [2.75, 3.05) is 7.05 Å². The molecule has 15 heavy (non-hydrogen) atoms. The number of carbonyl (C=O) groups excluding carboxylic acids is 1. The van der Waals surface area contributed by atoms with Crippen LogP contribution >= 0.6 is 0 Å². The van der Waals surface area contributed by atoms with Crippen molar-refractivity contribution in [3.05, 3.63) is 12.7 Å². The van der Waals surface area contributed by atoms with Crippen molar-refractivity contribution in [3.63, 3.8) is 0 Å². The summed E-state index contributed by atoms with van der Waals surface area (Å²) in [6.45, 7) is 5.77. The fourth-order valence-electron chi connectivity index (χ4n) is 2.05. The molecule has 3 heteroatoms. The Hall–Kier alpha value is -0.830. The Morgan fingerprint density at radius 3 is 2.87 bits per heavy atom. The van der Waals surface area contributed by atoms with Gasteiger partial charge in [0.1, 0.15) is 6.04 Å². The molecule has 1 saturated heterocycles. The Bertz CT molecular complexity index is 228. The molecule has 0 bridgehead atoms. The molecule has 3 atom stereocenters.